The summed E-state index contributed by atoms with van der Waals surface area (Å²) in [6.45, 7) is 0. The molecule has 0 aliphatic rings. The summed E-state index contributed by atoms with van der Waals surface area (Å²) in [4.78, 5) is 2.44. The number of furan rings is 1. The summed E-state index contributed by atoms with van der Waals surface area (Å²) in [5.74, 6) is 0. The molecule has 1 aromatic heterocycles. The summed E-state index contributed by atoms with van der Waals surface area (Å²) in [6, 6.07) is 85.4. The number of fused-ring (bicyclic) bond motifs is 8. The van der Waals surface area contributed by atoms with Crippen molar-refractivity contribution in [3.63, 3.8) is 0 Å². The third-order valence-electron chi connectivity index (χ3n) is 12.5. The second-order valence-corrected chi connectivity index (χ2v) is 16.0. The molecule has 11 aromatic carbocycles. The van der Waals surface area contributed by atoms with Crippen LogP contribution in [0.25, 0.3) is 98.8 Å². The molecule has 0 bridgehead atoms. The van der Waals surface area contributed by atoms with Gasteiger partial charge in [0.05, 0.1) is 11.4 Å². The smallest absolute Gasteiger partial charge is 0.143 e. The second kappa shape index (κ2) is 14.8. The minimum Gasteiger partial charge on any atom is -0.455 e. The van der Waals surface area contributed by atoms with Crippen LogP contribution >= 0.6 is 0 Å². The van der Waals surface area contributed by atoms with Gasteiger partial charge in [0, 0.05) is 33.0 Å². The van der Waals surface area contributed by atoms with Crippen LogP contribution in [0.4, 0.5) is 17.1 Å². The highest BCUT2D eigenvalue weighted by Crippen LogP contribution is 2.48. The van der Waals surface area contributed by atoms with Gasteiger partial charge in [-0.3, -0.25) is 0 Å². The molecule has 2 heteroatoms. The molecule has 0 aliphatic carbocycles. The maximum atomic E-state index is 6.71. The van der Waals surface area contributed by atoms with E-state index >= 15 is 0 Å². The van der Waals surface area contributed by atoms with Gasteiger partial charge in [-0.1, -0.05) is 194 Å². The van der Waals surface area contributed by atoms with Gasteiger partial charge in [-0.15, -0.1) is 0 Å². The molecule has 0 N–H and O–H groups in total. The Morgan fingerprint density at radius 2 is 0.839 bits per heavy atom. The molecule has 0 spiro atoms. The van der Waals surface area contributed by atoms with E-state index in [2.05, 4.69) is 241 Å². The Hall–Kier alpha value is -8.20. The van der Waals surface area contributed by atoms with E-state index in [0.717, 1.165) is 66.6 Å². The zero-order valence-electron chi connectivity index (χ0n) is 33.9. The van der Waals surface area contributed by atoms with Crippen LogP contribution in [0.2, 0.25) is 0 Å². The largest absolute Gasteiger partial charge is 0.455 e. The number of hydrogen-bond acceptors (Lipinski definition) is 2. The zero-order chi connectivity index (χ0) is 41.0. The molecule has 290 valence electrons. The van der Waals surface area contributed by atoms with Crippen molar-refractivity contribution in [2.75, 3.05) is 4.90 Å². The Labute approximate surface area is 360 Å². The van der Waals surface area contributed by atoms with Crippen LogP contribution in [-0.4, -0.2) is 0 Å². The van der Waals surface area contributed by atoms with E-state index in [4.69, 9.17) is 4.42 Å². The number of rotatable bonds is 7. The molecular formula is C60H39NO. The van der Waals surface area contributed by atoms with Crippen molar-refractivity contribution < 1.29 is 4.42 Å². The SMILES string of the molecule is c1ccc(-c2ccc(-c3ccccc3N(c3ccc(-c4cc5ccccc5c5ccccc45)cc3)c3ccccc3-c3cccc4oc5c6ccccc6ccc5c34)cc2)cc1. The third-order valence-corrected chi connectivity index (χ3v) is 12.5. The zero-order valence-corrected chi connectivity index (χ0v) is 33.9. The normalized spacial score (nSPS) is 11.5. The van der Waals surface area contributed by atoms with Gasteiger partial charge in [-0.2, -0.15) is 0 Å². The molecule has 0 aliphatic heterocycles. The molecule has 0 saturated heterocycles. The summed E-state index contributed by atoms with van der Waals surface area (Å²) in [5, 5.41) is 9.54. The Balaban J connectivity index is 1.06. The first-order valence-electron chi connectivity index (χ1n) is 21.3. The first kappa shape index (κ1) is 35.7. The molecule has 0 amide bonds. The number of nitrogens with zero attached hydrogens (tertiary/aromatic N) is 1. The average molecular weight is 790 g/mol. The maximum absolute atomic E-state index is 6.71. The molecule has 2 nitrogen and oxygen atoms in total. The van der Waals surface area contributed by atoms with E-state index in [0.29, 0.717) is 0 Å². The molecule has 0 fully saturated rings. The number of hydrogen-bond donors (Lipinski definition) is 0. The van der Waals surface area contributed by atoms with Crippen molar-refractivity contribution in [3.05, 3.63) is 237 Å². The molecule has 0 atom stereocenters. The molecular weight excluding hydrogens is 751 g/mol. The number of anilines is 3. The Morgan fingerprint density at radius 1 is 0.290 bits per heavy atom. The van der Waals surface area contributed by atoms with Crippen LogP contribution < -0.4 is 4.90 Å². The molecule has 62 heavy (non-hydrogen) atoms. The van der Waals surface area contributed by atoms with Crippen LogP contribution in [0.15, 0.2) is 241 Å². The van der Waals surface area contributed by atoms with Crippen molar-refractivity contribution in [1.29, 1.82) is 0 Å². The summed E-state index contributed by atoms with van der Waals surface area (Å²) in [7, 11) is 0. The molecule has 12 aromatic rings. The number of benzene rings is 11. The lowest BCUT2D eigenvalue weighted by Gasteiger charge is -2.30. The van der Waals surface area contributed by atoms with Crippen molar-refractivity contribution in [3.8, 4) is 44.5 Å². The lowest BCUT2D eigenvalue weighted by atomic mass is 9.93. The standard InChI is InChI=1S/C60H39NO/c1-2-15-40(16-3-1)41-29-31-43(32-30-41)48-20-10-12-26-56(48)61(46-36-33-44(34-37-46)55-39-45-18-5-6-19-47(45)50-22-8-9-23-51(50)55)57-27-13-11-24-52(57)53-25-14-28-58-59(53)54-38-35-42-17-4-7-21-49(42)60(54)62-58/h1-39H. The minimum absolute atomic E-state index is 0.876. The highest BCUT2D eigenvalue weighted by molar-refractivity contribution is 6.20. The maximum Gasteiger partial charge on any atom is 0.143 e. The lowest BCUT2D eigenvalue weighted by Crippen LogP contribution is -2.12. The first-order valence-corrected chi connectivity index (χ1v) is 21.3. The van der Waals surface area contributed by atoms with E-state index in [-0.39, 0.29) is 0 Å². The monoisotopic (exact) mass is 789 g/mol. The Bertz CT molecular complexity index is 3620. The molecule has 0 radical (unpaired) electrons. The van der Waals surface area contributed by atoms with E-state index in [1.165, 1.54) is 49.2 Å². The van der Waals surface area contributed by atoms with Gasteiger partial charge < -0.3 is 9.32 Å². The highest BCUT2D eigenvalue weighted by Gasteiger charge is 2.23. The van der Waals surface area contributed by atoms with E-state index in [1.54, 1.807) is 0 Å². The van der Waals surface area contributed by atoms with Gasteiger partial charge in [-0.25, -0.2) is 0 Å². The van der Waals surface area contributed by atoms with Gasteiger partial charge in [0.1, 0.15) is 11.2 Å². The first-order chi connectivity index (χ1) is 30.8. The third kappa shape index (κ3) is 5.96. The topological polar surface area (TPSA) is 16.4 Å². The van der Waals surface area contributed by atoms with Crippen molar-refractivity contribution in [1.82, 2.24) is 0 Å². The molecule has 12 rings (SSSR count). The van der Waals surface area contributed by atoms with Gasteiger partial charge in [-0.05, 0) is 103 Å². The predicted molar refractivity (Wildman–Crippen MR) is 263 cm³/mol. The van der Waals surface area contributed by atoms with Gasteiger partial charge in [0.15, 0.2) is 0 Å². The summed E-state index contributed by atoms with van der Waals surface area (Å²) in [6.07, 6.45) is 0. The van der Waals surface area contributed by atoms with Crippen molar-refractivity contribution in [2.24, 2.45) is 0 Å². The molecule has 0 unspecified atom stereocenters. The van der Waals surface area contributed by atoms with Crippen molar-refractivity contribution >= 4 is 71.3 Å². The van der Waals surface area contributed by atoms with Gasteiger partial charge >= 0.3 is 0 Å². The predicted octanol–water partition coefficient (Wildman–Crippen LogP) is 17.2. The van der Waals surface area contributed by atoms with Crippen LogP contribution in [-0.2, 0) is 0 Å². The quantitative estimate of drug-likeness (QED) is 0.150. The van der Waals surface area contributed by atoms with Crippen LogP contribution in [0.3, 0.4) is 0 Å². The highest BCUT2D eigenvalue weighted by atomic mass is 16.3. The minimum atomic E-state index is 0.876. The summed E-state index contributed by atoms with van der Waals surface area (Å²) in [5.41, 5.74) is 14.4. The Kier molecular flexibility index (Phi) is 8.53. The van der Waals surface area contributed by atoms with Crippen LogP contribution in [0, 0.1) is 0 Å². The number of para-hydroxylation sites is 2. The van der Waals surface area contributed by atoms with Crippen LogP contribution in [0.5, 0.6) is 0 Å². The second-order valence-electron chi connectivity index (χ2n) is 16.0. The fraction of sp³-hybridized carbons (Fsp3) is 0. The lowest BCUT2D eigenvalue weighted by molar-refractivity contribution is 0.673. The van der Waals surface area contributed by atoms with Gasteiger partial charge in [0.25, 0.3) is 0 Å². The molecule has 0 saturated carbocycles. The fourth-order valence-electron chi connectivity index (χ4n) is 9.55. The van der Waals surface area contributed by atoms with Gasteiger partial charge in [0.2, 0.25) is 0 Å². The average Bonchev–Trinajstić information content (AvgIpc) is 3.75. The van der Waals surface area contributed by atoms with E-state index in [1.807, 2.05) is 0 Å². The fourth-order valence-corrected chi connectivity index (χ4v) is 9.55. The van der Waals surface area contributed by atoms with E-state index in [9.17, 15) is 0 Å². The van der Waals surface area contributed by atoms with E-state index < -0.39 is 0 Å². The van der Waals surface area contributed by atoms with Crippen molar-refractivity contribution in [2.45, 2.75) is 0 Å². The molecule has 1 heterocycles. The van der Waals surface area contributed by atoms with Crippen LogP contribution in [0.1, 0.15) is 0 Å². The Morgan fingerprint density at radius 3 is 1.63 bits per heavy atom. The summed E-state index contributed by atoms with van der Waals surface area (Å²) >= 11 is 0. The summed E-state index contributed by atoms with van der Waals surface area (Å²) < 4.78 is 6.71.